The van der Waals surface area contributed by atoms with Gasteiger partial charge in [-0.25, -0.2) is 4.39 Å². The SMILES string of the molecule is Cn1ccc(-c2cc(C(=O)Nc3ccc(F)cc3)c3ccccn23)n1. The number of hydrogen-bond acceptors (Lipinski definition) is 2. The number of aromatic nitrogens is 3. The van der Waals surface area contributed by atoms with Gasteiger partial charge in [0.2, 0.25) is 0 Å². The Hall–Kier alpha value is -3.41. The lowest BCUT2D eigenvalue weighted by Crippen LogP contribution is -2.11. The number of pyridine rings is 1. The van der Waals surface area contributed by atoms with Crippen LogP contribution in [0.3, 0.4) is 0 Å². The van der Waals surface area contributed by atoms with Crippen molar-refractivity contribution in [2.24, 2.45) is 7.05 Å². The van der Waals surface area contributed by atoms with Crippen LogP contribution in [0.2, 0.25) is 0 Å². The van der Waals surface area contributed by atoms with Crippen LogP contribution in [0.1, 0.15) is 10.4 Å². The van der Waals surface area contributed by atoms with Gasteiger partial charge in [-0.2, -0.15) is 5.10 Å². The second-order valence-corrected chi connectivity index (χ2v) is 5.73. The number of halogens is 1. The Labute approximate surface area is 143 Å². The summed E-state index contributed by atoms with van der Waals surface area (Å²) in [5.41, 5.74) is 3.47. The van der Waals surface area contributed by atoms with E-state index in [0.29, 0.717) is 11.3 Å². The topological polar surface area (TPSA) is 51.3 Å². The third kappa shape index (κ3) is 2.78. The van der Waals surface area contributed by atoms with Gasteiger partial charge in [0, 0.05) is 25.1 Å². The van der Waals surface area contributed by atoms with E-state index in [1.165, 1.54) is 24.3 Å². The molecule has 1 amide bonds. The summed E-state index contributed by atoms with van der Waals surface area (Å²) in [4.78, 5) is 12.7. The summed E-state index contributed by atoms with van der Waals surface area (Å²) in [5.74, 6) is -0.595. The number of amides is 1. The first-order valence-electron chi connectivity index (χ1n) is 7.79. The van der Waals surface area contributed by atoms with Crippen LogP contribution in [0.15, 0.2) is 67.0 Å². The van der Waals surface area contributed by atoms with Crippen LogP contribution >= 0.6 is 0 Å². The number of carbonyl (C=O) groups excluding carboxylic acids is 1. The first-order valence-corrected chi connectivity index (χ1v) is 7.79. The van der Waals surface area contributed by atoms with Gasteiger partial charge in [-0.1, -0.05) is 6.07 Å². The van der Waals surface area contributed by atoms with E-state index in [2.05, 4.69) is 10.4 Å². The van der Waals surface area contributed by atoms with Crippen LogP contribution in [0.5, 0.6) is 0 Å². The van der Waals surface area contributed by atoms with Gasteiger partial charge in [-0.15, -0.1) is 0 Å². The number of nitrogens with zero attached hydrogens (tertiary/aromatic N) is 3. The van der Waals surface area contributed by atoms with Crippen molar-refractivity contribution in [1.29, 1.82) is 0 Å². The molecule has 0 spiro atoms. The summed E-state index contributed by atoms with van der Waals surface area (Å²) in [7, 11) is 1.85. The van der Waals surface area contributed by atoms with Crippen LogP contribution in [0, 0.1) is 5.82 Å². The molecule has 0 saturated carbocycles. The van der Waals surface area contributed by atoms with E-state index in [1.807, 2.05) is 54.2 Å². The highest BCUT2D eigenvalue weighted by Gasteiger charge is 2.17. The van der Waals surface area contributed by atoms with Crippen molar-refractivity contribution in [3.8, 4) is 11.4 Å². The molecule has 0 radical (unpaired) electrons. The summed E-state index contributed by atoms with van der Waals surface area (Å²) in [5, 5.41) is 7.22. The molecule has 5 nitrogen and oxygen atoms in total. The van der Waals surface area contributed by atoms with Crippen molar-refractivity contribution in [3.63, 3.8) is 0 Å². The van der Waals surface area contributed by atoms with Gasteiger partial charge in [0.1, 0.15) is 11.5 Å². The first kappa shape index (κ1) is 15.1. The molecular weight excluding hydrogens is 319 g/mol. The minimum absolute atomic E-state index is 0.252. The molecule has 3 heterocycles. The molecule has 0 atom stereocenters. The zero-order valence-electron chi connectivity index (χ0n) is 13.5. The predicted octanol–water partition coefficient (Wildman–Crippen LogP) is 3.73. The van der Waals surface area contributed by atoms with E-state index in [1.54, 1.807) is 4.68 Å². The maximum Gasteiger partial charge on any atom is 0.257 e. The van der Waals surface area contributed by atoms with Gasteiger partial charge in [0.25, 0.3) is 5.91 Å². The second-order valence-electron chi connectivity index (χ2n) is 5.73. The standard InChI is InChI=1S/C19H15FN4O/c1-23-11-9-16(22-23)18-12-15(17-4-2-3-10-24(17)18)19(25)21-14-7-5-13(20)6-8-14/h2-12H,1H3,(H,21,25). The van der Waals surface area contributed by atoms with Crippen LogP contribution < -0.4 is 5.32 Å². The Balaban J connectivity index is 1.76. The third-order valence-electron chi connectivity index (χ3n) is 4.00. The van der Waals surface area contributed by atoms with Gasteiger partial charge in [-0.3, -0.25) is 9.48 Å². The first-order chi connectivity index (χ1) is 12.1. The average Bonchev–Trinajstić information content (AvgIpc) is 3.20. The Kier molecular flexibility index (Phi) is 3.57. The molecule has 1 N–H and O–H groups in total. The third-order valence-corrected chi connectivity index (χ3v) is 4.00. The molecule has 124 valence electrons. The maximum atomic E-state index is 13.0. The molecule has 0 aliphatic rings. The van der Waals surface area contributed by atoms with E-state index in [0.717, 1.165) is 16.9 Å². The molecule has 6 heteroatoms. The van der Waals surface area contributed by atoms with Crippen molar-refractivity contribution >= 4 is 17.1 Å². The highest BCUT2D eigenvalue weighted by Crippen LogP contribution is 2.25. The summed E-state index contributed by atoms with van der Waals surface area (Å²) >= 11 is 0. The zero-order valence-corrected chi connectivity index (χ0v) is 13.5. The predicted molar refractivity (Wildman–Crippen MR) is 94.0 cm³/mol. The number of nitrogens with one attached hydrogen (secondary N) is 1. The molecule has 0 aliphatic heterocycles. The molecule has 0 fully saturated rings. The molecular formula is C19H15FN4O. The van der Waals surface area contributed by atoms with Gasteiger partial charge in [0.15, 0.2) is 0 Å². The maximum absolute atomic E-state index is 13.0. The molecule has 0 saturated heterocycles. The van der Waals surface area contributed by atoms with E-state index < -0.39 is 0 Å². The van der Waals surface area contributed by atoms with E-state index in [9.17, 15) is 9.18 Å². The molecule has 4 aromatic rings. The van der Waals surface area contributed by atoms with Crippen molar-refractivity contribution in [2.45, 2.75) is 0 Å². The lowest BCUT2D eigenvalue weighted by atomic mass is 10.2. The number of carbonyl (C=O) groups is 1. The minimum atomic E-state index is -0.343. The zero-order chi connectivity index (χ0) is 17.4. The normalized spacial score (nSPS) is 11.0. The molecule has 1 aromatic carbocycles. The van der Waals surface area contributed by atoms with Crippen LogP contribution in [-0.2, 0) is 7.05 Å². The highest BCUT2D eigenvalue weighted by molar-refractivity contribution is 6.10. The second kappa shape index (κ2) is 5.90. The van der Waals surface area contributed by atoms with Gasteiger partial charge in [-0.05, 0) is 48.5 Å². The van der Waals surface area contributed by atoms with Gasteiger partial charge in [0.05, 0.1) is 16.8 Å². The summed E-state index contributed by atoms with van der Waals surface area (Å²) in [6.45, 7) is 0. The van der Waals surface area contributed by atoms with Crippen molar-refractivity contribution in [3.05, 3.63) is 78.4 Å². The monoisotopic (exact) mass is 334 g/mol. The van der Waals surface area contributed by atoms with Crippen molar-refractivity contribution in [2.75, 3.05) is 5.32 Å². The van der Waals surface area contributed by atoms with E-state index >= 15 is 0 Å². The summed E-state index contributed by atoms with van der Waals surface area (Å²) in [6.07, 6.45) is 3.75. The summed E-state index contributed by atoms with van der Waals surface area (Å²) < 4.78 is 16.7. The highest BCUT2D eigenvalue weighted by atomic mass is 19.1. The average molecular weight is 334 g/mol. The number of fused-ring (bicyclic) bond motifs is 1. The lowest BCUT2D eigenvalue weighted by Gasteiger charge is -2.04. The molecule has 0 bridgehead atoms. The lowest BCUT2D eigenvalue weighted by molar-refractivity contribution is 0.102. The fourth-order valence-corrected chi connectivity index (χ4v) is 2.82. The minimum Gasteiger partial charge on any atom is -0.322 e. The Bertz CT molecular complexity index is 1060. The molecule has 25 heavy (non-hydrogen) atoms. The van der Waals surface area contributed by atoms with Gasteiger partial charge >= 0.3 is 0 Å². The van der Waals surface area contributed by atoms with E-state index in [-0.39, 0.29) is 11.7 Å². The van der Waals surface area contributed by atoms with Crippen molar-refractivity contribution < 1.29 is 9.18 Å². The number of aryl methyl sites for hydroxylation is 1. The van der Waals surface area contributed by atoms with Crippen LogP contribution in [0.25, 0.3) is 16.9 Å². The summed E-state index contributed by atoms with van der Waals surface area (Å²) in [6, 6.07) is 15.1. The van der Waals surface area contributed by atoms with Crippen LogP contribution in [0.4, 0.5) is 10.1 Å². The number of benzene rings is 1. The molecule has 4 rings (SSSR count). The van der Waals surface area contributed by atoms with Gasteiger partial charge < -0.3 is 9.72 Å². The Morgan fingerprint density at radius 3 is 2.60 bits per heavy atom. The number of anilines is 1. The van der Waals surface area contributed by atoms with Crippen molar-refractivity contribution in [1.82, 2.24) is 14.2 Å². The largest absolute Gasteiger partial charge is 0.322 e. The fourth-order valence-electron chi connectivity index (χ4n) is 2.82. The molecule has 3 aromatic heterocycles. The number of hydrogen-bond donors (Lipinski definition) is 1. The molecule has 0 aliphatic carbocycles. The Morgan fingerprint density at radius 2 is 1.88 bits per heavy atom. The molecule has 0 unspecified atom stereocenters. The number of rotatable bonds is 3. The smallest absolute Gasteiger partial charge is 0.257 e. The fraction of sp³-hybridized carbons (Fsp3) is 0.0526. The Morgan fingerprint density at radius 1 is 1.08 bits per heavy atom. The quantitative estimate of drug-likeness (QED) is 0.621. The van der Waals surface area contributed by atoms with Crippen LogP contribution in [-0.4, -0.2) is 20.1 Å². The van der Waals surface area contributed by atoms with E-state index in [4.69, 9.17) is 0 Å².